The zero-order valence-corrected chi connectivity index (χ0v) is 67.9. The van der Waals surface area contributed by atoms with Gasteiger partial charge in [-0.2, -0.15) is 37.9 Å². The average Bonchev–Trinajstić information content (AvgIpc) is 1.42. The smallest absolute Gasteiger partial charge is 0.342 e. The van der Waals surface area contributed by atoms with Gasteiger partial charge in [-0.05, 0) is 95.2 Å². The molecule has 0 saturated carbocycles. The second kappa shape index (κ2) is 57.6. The largest absolute Gasteiger partial charge is 0.481 e. The van der Waals surface area contributed by atoms with Gasteiger partial charge in [-0.15, -0.1) is 0 Å². The number of aliphatic carboxylic acids is 4. The van der Waals surface area contributed by atoms with Gasteiger partial charge in [-0.3, -0.25) is 107 Å². The van der Waals surface area contributed by atoms with E-state index in [0.717, 1.165) is 6.20 Å². The van der Waals surface area contributed by atoms with Gasteiger partial charge in [0.15, 0.2) is 5.82 Å². The van der Waals surface area contributed by atoms with Crippen molar-refractivity contribution in [1.82, 2.24) is 89.7 Å². The second-order valence-corrected chi connectivity index (χ2v) is 27.7. The average molecular weight is 1770 g/mol. The molecule has 0 spiro atoms. The lowest BCUT2D eigenvalue weighted by atomic mass is 9.95. The highest BCUT2D eigenvalue weighted by Gasteiger charge is 2.40. The maximum Gasteiger partial charge on any atom is 0.342 e. The van der Waals surface area contributed by atoms with Crippen molar-refractivity contribution in [3.63, 3.8) is 0 Å². The van der Waals surface area contributed by atoms with Crippen molar-refractivity contribution in [3.05, 3.63) is 22.1 Å². The van der Waals surface area contributed by atoms with Crippen LogP contribution in [0.1, 0.15) is 115 Å². The van der Waals surface area contributed by atoms with Gasteiger partial charge in [-0.1, -0.05) is 0 Å². The Balaban J connectivity index is 3.42. The summed E-state index contributed by atoms with van der Waals surface area (Å²) in [5.74, 6) is -28.1. The highest BCUT2D eigenvalue weighted by Crippen LogP contribution is 2.15. The third-order valence-corrected chi connectivity index (χ3v) is 18.2. The quantitative estimate of drug-likeness (QED) is 0.00719. The van der Waals surface area contributed by atoms with E-state index in [1.54, 1.807) is 0 Å². The lowest BCUT2D eigenvalue weighted by molar-refractivity contribution is -0.392. The van der Waals surface area contributed by atoms with Crippen molar-refractivity contribution in [2.24, 2.45) is 40.1 Å². The number of thiol groups is 3. The van der Waals surface area contributed by atoms with Gasteiger partial charge < -0.3 is 129 Å². The number of rotatable bonds is 67. The van der Waals surface area contributed by atoms with Gasteiger partial charge in [0.05, 0.1) is 44.5 Å². The molecule has 13 atom stereocenters. The van der Waals surface area contributed by atoms with Crippen LogP contribution in [0.4, 0.5) is 5.82 Å². The lowest BCUT2D eigenvalue weighted by Crippen LogP contribution is -2.62. The number of unbranched alkanes of at least 4 members (excludes halogenated alkanes) is 2. The molecule has 0 unspecified atom stereocenters. The number of aryl methyl sites for hydroxylation is 1. The van der Waals surface area contributed by atoms with Gasteiger partial charge in [0, 0.05) is 50.0 Å². The Kier molecular flexibility index (Phi) is 51.5. The van der Waals surface area contributed by atoms with Crippen LogP contribution in [0.2, 0.25) is 0 Å². The standard InChI is InChI=1S/C65H109N25O27S3/c1-30-74-25-47(90(116)117)89(30)20-19-76-86-35(12-15-49(97)98)59(110)82-37(22-50(99)100)53(104)52(103)32(7-2-4-16-66)78-61(112)39(21-45(70)93)83-63(114)42(28-119)77-46(94)24-75-57(108)33(8-3-5-17-67)79-60(111)36(11-13-44(69)92)87-88-40(26-91)62(113)85-43(29-120)64(115)80-34(9-6-18-73-65(71)72)58(109)81-38(23-51(101)102)54(105)55(106)41(27-118)84-56(107)31(68)10-14-48(95)96/h25,31-43,65,73,76,86-88,91,118-120H,2-24,26-29,66-68,71-72H2,1H3,(H2,69,92)(H2,70,93)(H,75,108)(H,77,94)(H,78,112)(H,79,111)(H,80,115)(H,81,109)(H,82,110)(H,83,114)(H,84,107)(H,85,113)(H,95,96)(H,97,98)(H,99,100)(H,101,102)/t31-,32-,33-,34-,35-,36-,37-,38-,39-,40-,41-,42-,43-/m0/s1. The third-order valence-electron chi connectivity index (χ3n) is 17.1. The van der Waals surface area contributed by atoms with Gasteiger partial charge in [0.2, 0.25) is 94.0 Å². The molecule has 0 saturated heterocycles. The number of nitrogens with two attached hydrogens (primary N) is 7. The summed E-state index contributed by atoms with van der Waals surface area (Å²) in [5.41, 5.74) is 48.9. The van der Waals surface area contributed by atoms with Crippen molar-refractivity contribution in [2.45, 2.75) is 207 Å². The number of carboxylic acids is 4. The number of imidazole rings is 1. The molecule has 0 fully saturated rings. The van der Waals surface area contributed by atoms with Crippen LogP contribution in [-0.2, 0) is 102 Å². The summed E-state index contributed by atoms with van der Waals surface area (Å²) in [5, 5.41) is 84.7. The van der Waals surface area contributed by atoms with E-state index in [2.05, 4.69) is 123 Å². The summed E-state index contributed by atoms with van der Waals surface area (Å²) < 4.78 is 1.20. The highest BCUT2D eigenvalue weighted by atomic mass is 32.1. The fourth-order valence-corrected chi connectivity index (χ4v) is 11.4. The molecule has 0 aliphatic rings. The molecule has 0 radical (unpaired) electrons. The number of hydrogen-bond donors (Lipinski definition) is 30. The summed E-state index contributed by atoms with van der Waals surface area (Å²) in [6.07, 6.45) is -7.07. The number of aromatic nitrogens is 2. The van der Waals surface area contributed by atoms with Gasteiger partial charge >= 0.3 is 29.7 Å². The summed E-state index contributed by atoms with van der Waals surface area (Å²) >= 11 is 12.2. The number of amides is 12. The van der Waals surface area contributed by atoms with E-state index in [9.17, 15) is 126 Å². The number of ketones is 4. The van der Waals surface area contributed by atoms with E-state index >= 15 is 0 Å². The number of primary amides is 2. The summed E-state index contributed by atoms with van der Waals surface area (Å²) in [6.45, 7) is -0.778. The molecule has 1 heterocycles. The number of aliphatic hydroxyl groups excluding tert-OH is 1. The minimum absolute atomic E-state index is 0.00203. The number of nitro groups is 1. The molecule has 0 aliphatic heterocycles. The molecular weight excluding hydrogens is 1660 g/mol. The maximum atomic E-state index is 14.1. The first-order valence-corrected chi connectivity index (χ1v) is 39.0. The molecular formula is C65H109N25O27S3. The van der Waals surface area contributed by atoms with Crippen molar-refractivity contribution in [2.75, 3.05) is 56.6 Å². The summed E-state index contributed by atoms with van der Waals surface area (Å²) in [7, 11) is 0. The molecule has 0 aliphatic carbocycles. The fourth-order valence-electron chi connectivity index (χ4n) is 10.7. The molecule has 1 rings (SSSR count). The Bertz CT molecular complexity index is 3730. The Morgan fingerprint density at radius 1 is 0.450 bits per heavy atom. The number of Topliss-reactive ketones (excluding diaryl/α,β-unsaturated/α-hetero) is 4. The van der Waals surface area contributed by atoms with Crippen molar-refractivity contribution in [3.8, 4) is 0 Å². The first-order valence-electron chi connectivity index (χ1n) is 37.1. The van der Waals surface area contributed by atoms with E-state index < -0.39 is 296 Å². The number of carbonyl (C=O) groups excluding carboxylic acids is 16. The SMILES string of the molecule is Cc1ncc([N+](=O)[O-])n1CCNN[C@@H](CCC(=O)O)C(=O)N[C@@H](CC(=O)O)C(=O)C(=O)[C@H](CCCCN)NC(=O)[C@H](CC(N)=O)NC(=O)[C@H](CS)NC(=O)CNC(=O)[C@H](CCCCN)NC(=O)[C@H](CCC(N)=O)NN[C@@H](CO)C(=O)N[C@@H](CS)C(=O)N[C@@H](CCCNC(N)N)C(=O)N[C@@H](CC(=O)O)C(=O)C(=O)[C@H](CS)NC(=O)[C@@H](N)CCC(=O)O. The van der Waals surface area contributed by atoms with Crippen LogP contribution >= 0.6 is 37.9 Å². The lowest BCUT2D eigenvalue weighted by Gasteiger charge is -2.27. The molecule has 12 amide bonds. The van der Waals surface area contributed by atoms with Crippen LogP contribution in [-0.4, -0.2) is 299 Å². The number of nitrogens with zero attached hydrogens (tertiary/aromatic N) is 3. The molecule has 1 aromatic rings. The predicted molar refractivity (Wildman–Crippen MR) is 425 cm³/mol. The van der Waals surface area contributed by atoms with Crippen LogP contribution in [0.3, 0.4) is 0 Å². The van der Waals surface area contributed by atoms with Gasteiger partial charge in [0.25, 0.3) is 0 Å². The van der Waals surface area contributed by atoms with Crippen LogP contribution in [0.15, 0.2) is 6.20 Å². The van der Waals surface area contributed by atoms with E-state index in [1.165, 1.54) is 11.5 Å². The molecule has 52 nitrogen and oxygen atoms in total. The number of nitrogens with one attached hydrogen (secondary N) is 15. The summed E-state index contributed by atoms with van der Waals surface area (Å²) in [6, 6.07) is -23.2. The molecule has 0 bridgehead atoms. The van der Waals surface area contributed by atoms with E-state index in [4.69, 9.17) is 45.2 Å². The van der Waals surface area contributed by atoms with Crippen molar-refractivity contribution >= 4 is 162 Å². The third kappa shape index (κ3) is 41.4. The first-order chi connectivity index (χ1) is 56.5. The van der Waals surface area contributed by atoms with Crippen LogP contribution in [0, 0.1) is 17.0 Å². The predicted octanol–water partition coefficient (Wildman–Crippen LogP) is -13.1. The van der Waals surface area contributed by atoms with Crippen LogP contribution in [0.5, 0.6) is 0 Å². The van der Waals surface area contributed by atoms with E-state index in [1.807, 2.05) is 0 Å². The molecule has 34 N–H and O–H groups in total. The van der Waals surface area contributed by atoms with Crippen LogP contribution < -0.4 is 120 Å². The highest BCUT2D eigenvalue weighted by molar-refractivity contribution is 7.80. The Morgan fingerprint density at radius 3 is 1.35 bits per heavy atom. The Morgan fingerprint density at radius 2 is 0.858 bits per heavy atom. The second-order valence-electron chi connectivity index (χ2n) is 26.6. The number of hydrazine groups is 2. The fraction of sp³-hybridized carbons (Fsp3) is 0.646. The molecule has 1 aromatic heterocycles. The minimum Gasteiger partial charge on any atom is -0.481 e. The number of hydrogen-bond acceptors (Lipinski definition) is 37. The molecule has 0 aromatic carbocycles. The topological polar surface area (TPSA) is 866 Å². The number of carboxylic acid groups (broad SMARTS) is 4. The molecule has 674 valence electrons. The molecule has 120 heavy (non-hydrogen) atoms. The minimum atomic E-state index is -2.18. The monoisotopic (exact) mass is 1770 g/mol. The zero-order chi connectivity index (χ0) is 91.1. The van der Waals surface area contributed by atoms with E-state index in [0.29, 0.717) is 0 Å². The van der Waals surface area contributed by atoms with E-state index in [-0.39, 0.29) is 95.7 Å². The zero-order valence-electron chi connectivity index (χ0n) is 65.2. The number of aliphatic hydroxyl groups is 1. The van der Waals surface area contributed by atoms with Crippen molar-refractivity contribution < 1.29 is 126 Å². The normalized spacial score (nSPS) is 14.4. The summed E-state index contributed by atoms with van der Waals surface area (Å²) in [4.78, 5) is 278. The van der Waals surface area contributed by atoms with Crippen molar-refractivity contribution in [1.29, 1.82) is 0 Å². The maximum absolute atomic E-state index is 14.1. The first kappa shape index (κ1) is 107. The molecule has 55 heteroatoms. The Labute approximate surface area is 701 Å². The van der Waals surface area contributed by atoms with Gasteiger partial charge in [-0.25, -0.2) is 25.8 Å². The number of carbonyl (C=O) groups is 20. The van der Waals surface area contributed by atoms with Gasteiger partial charge in [0.1, 0.15) is 85.5 Å². The van der Waals surface area contributed by atoms with Crippen LogP contribution in [0.25, 0.3) is 0 Å². The Hall–Kier alpha value is -10.6.